The highest BCUT2D eigenvalue weighted by atomic mass is 32.2. The maximum atomic E-state index is 12.8. The Hall–Kier alpha value is -2.23. The molecule has 186 valence electrons. The van der Waals surface area contributed by atoms with E-state index in [-0.39, 0.29) is 22.6 Å². The number of piperidine rings is 2. The van der Waals surface area contributed by atoms with E-state index in [1.807, 2.05) is 4.90 Å². The molecule has 3 saturated heterocycles. The van der Waals surface area contributed by atoms with E-state index in [9.17, 15) is 18.0 Å². The molecule has 9 heteroatoms. The fourth-order valence-electron chi connectivity index (χ4n) is 4.95. The molecule has 3 aliphatic rings. The lowest BCUT2D eigenvalue weighted by molar-refractivity contribution is -0.140. The van der Waals surface area contributed by atoms with E-state index in [2.05, 4.69) is 6.92 Å². The van der Waals surface area contributed by atoms with E-state index in [1.165, 1.54) is 16.8 Å². The smallest absolute Gasteiger partial charge is 0.246 e. The summed E-state index contributed by atoms with van der Waals surface area (Å²) in [6.45, 7) is 6.61. The summed E-state index contributed by atoms with van der Waals surface area (Å²) in [5.41, 5.74) is 0.763. The lowest BCUT2D eigenvalue weighted by Gasteiger charge is -2.37. The van der Waals surface area contributed by atoms with Crippen molar-refractivity contribution in [3.63, 3.8) is 0 Å². The number of carbonyl (C=O) groups excluding carboxylic acids is 2. The second-order valence-electron chi connectivity index (χ2n) is 9.55. The number of morpholine rings is 1. The van der Waals surface area contributed by atoms with Crippen LogP contribution in [0.15, 0.2) is 35.2 Å². The molecule has 0 spiro atoms. The van der Waals surface area contributed by atoms with Gasteiger partial charge in [0.2, 0.25) is 21.8 Å². The molecule has 1 atom stereocenters. The van der Waals surface area contributed by atoms with Gasteiger partial charge in [0, 0.05) is 51.3 Å². The Bertz CT molecular complexity index is 994. The van der Waals surface area contributed by atoms with Crippen LogP contribution < -0.4 is 0 Å². The molecule has 1 aromatic carbocycles. The third-order valence-electron chi connectivity index (χ3n) is 7.03. The fourth-order valence-corrected chi connectivity index (χ4v) is 6.36. The van der Waals surface area contributed by atoms with Crippen molar-refractivity contribution in [1.82, 2.24) is 14.1 Å². The van der Waals surface area contributed by atoms with E-state index in [1.54, 1.807) is 35.2 Å². The maximum Gasteiger partial charge on any atom is 0.246 e. The number of hydrogen-bond donors (Lipinski definition) is 0. The van der Waals surface area contributed by atoms with Crippen molar-refractivity contribution in [1.29, 1.82) is 0 Å². The fraction of sp³-hybridized carbons (Fsp3) is 0.600. The second-order valence-corrected chi connectivity index (χ2v) is 11.5. The molecular formula is C25H35N3O5S. The van der Waals surface area contributed by atoms with Gasteiger partial charge in [-0.25, -0.2) is 8.42 Å². The van der Waals surface area contributed by atoms with Crippen LogP contribution in [0.2, 0.25) is 0 Å². The molecule has 0 N–H and O–H groups in total. The average Bonchev–Trinajstić information content (AvgIpc) is 2.87. The first-order chi connectivity index (χ1) is 16.3. The number of nitrogens with zero attached hydrogens (tertiary/aromatic N) is 3. The van der Waals surface area contributed by atoms with Gasteiger partial charge in [-0.05, 0) is 55.4 Å². The van der Waals surface area contributed by atoms with Crippen LogP contribution in [0.3, 0.4) is 0 Å². The van der Waals surface area contributed by atoms with Crippen LogP contribution in [0.1, 0.15) is 38.2 Å². The number of ether oxygens (including phenoxy) is 1. The van der Waals surface area contributed by atoms with Crippen LogP contribution in [0.5, 0.6) is 0 Å². The Morgan fingerprint density at radius 2 is 1.62 bits per heavy atom. The number of hydrogen-bond acceptors (Lipinski definition) is 5. The van der Waals surface area contributed by atoms with E-state index in [4.69, 9.17) is 4.74 Å². The Kier molecular flexibility index (Phi) is 8.06. The van der Waals surface area contributed by atoms with Gasteiger partial charge in [0.05, 0.1) is 18.1 Å². The zero-order chi connectivity index (χ0) is 24.1. The van der Waals surface area contributed by atoms with Gasteiger partial charge in [-0.2, -0.15) is 4.31 Å². The third kappa shape index (κ3) is 5.87. The van der Waals surface area contributed by atoms with Gasteiger partial charge in [-0.15, -0.1) is 0 Å². The standard InChI is InChI=1S/C25H35N3O5S/c1-20-3-2-12-27(19-20)25(30)22-10-13-26(14-11-22)24(29)9-6-21-4-7-23(8-5-21)34(31,32)28-15-17-33-18-16-28/h4-9,20,22H,2-3,10-19H2,1H3/b9-6+/t20-/m0/s1. The number of benzene rings is 1. The van der Waals surface area contributed by atoms with Gasteiger partial charge in [0.1, 0.15) is 0 Å². The first-order valence-corrected chi connectivity index (χ1v) is 13.7. The Labute approximate surface area is 202 Å². The van der Waals surface area contributed by atoms with Gasteiger partial charge < -0.3 is 14.5 Å². The minimum atomic E-state index is -3.53. The van der Waals surface area contributed by atoms with Crippen molar-refractivity contribution in [2.45, 2.75) is 37.5 Å². The molecule has 0 saturated carbocycles. The van der Waals surface area contributed by atoms with Gasteiger partial charge in [-0.3, -0.25) is 9.59 Å². The molecule has 2 amide bonds. The Morgan fingerprint density at radius 1 is 0.941 bits per heavy atom. The molecule has 0 aliphatic carbocycles. The first-order valence-electron chi connectivity index (χ1n) is 12.3. The molecule has 0 aromatic heterocycles. The van der Waals surface area contributed by atoms with E-state index in [0.29, 0.717) is 58.2 Å². The minimum absolute atomic E-state index is 0.0132. The van der Waals surface area contributed by atoms with Crippen molar-refractivity contribution >= 4 is 27.9 Å². The summed E-state index contributed by atoms with van der Waals surface area (Å²) in [4.78, 5) is 29.5. The SMILES string of the molecule is C[C@H]1CCCN(C(=O)C2CCN(C(=O)/C=C/c3ccc(S(=O)(=O)N4CCOCC4)cc3)CC2)C1. The number of rotatable bonds is 5. The first kappa shape index (κ1) is 24.9. The number of amides is 2. The van der Waals surface area contributed by atoms with E-state index in [0.717, 1.165) is 25.1 Å². The van der Waals surface area contributed by atoms with E-state index < -0.39 is 10.0 Å². The Balaban J connectivity index is 1.28. The predicted octanol–water partition coefficient (Wildman–Crippen LogP) is 2.22. The molecular weight excluding hydrogens is 454 g/mol. The number of carbonyl (C=O) groups is 2. The van der Waals surface area contributed by atoms with Crippen LogP contribution in [0, 0.1) is 11.8 Å². The van der Waals surface area contributed by atoms with Crippen molar-refractivity contribution in [2.75, 3.05) is 52.5 Å². The minimum Gasteiger partial charge on any atom is -0.379 e. The second kappa shape index (κ2) is 11.0. The lowest BCUT2D eigenvalue weighted by Crippen LogP contribution is -2.46. The highest BCUT2D eigenvalue weighted by Gasteiger charge is 2.31. The largest absolute Gasteiger partial charge is 0.379 e. The Morgan fingerprint density at radius 3 is 2.26 bits per heavy atom. The van der Waals surface area contributed by atoms with Gasteiger partial charge in [0.15, 0.2) is 0 Å². The summed E-state index contributed by atoms with van der Waals surface area (Å²) in [7, 11) is -3.53. The summed E-state index contributed by atoms with van der Waals surface area (Å²) in [5.74, 6) is 0.751. The molecule has 34 heavy (non-hydrogen) atoms. The summed E-state index contributed by atoms with van der Waals surface area (Å²) in [6.07, 6.45) is 6.92. The van der Waals surface area contributed by atoms with Crippen molar-refractivity contribution < 1.29 is 22.7 Å². The monoisotopic (exact) mass is 489 g/mol. The average molecular weight is 490 g/mol. The summed E-state index contributed by atoms with van der Waals surface area (Å²) < 4.78 is 32.1. The van der Waals surface area contributed by atoms with Crippen LogP contribution in [-0.4, -0.2) is 86.8 Å². The van der Waals surface area contributed by atoms with Crippen LogP contribution in [0.25, 0.3) is 6.08 Å². The summed E-state index contributed by atoms with van der Waals surface area (Å²) in [6, 6.07) is 6.57. The maximum absolute atomic E-state index is 12.8. The molecule has 3 fully saturated rings. The quantitative estimate of drug-likeness (QED) is 0.592. The number of sulfonamides is 1. The zero-order valence-electron chi connectivity index (χ0n) is 19.9. The molecule has 0 radical (unpaired) electrons. The summed E-state index contributed by atoms with van der Waals surface area (Å²) >= 11 is 0. The third-order valence-corrected chi connectivity index (χ3v) is 8.94. The van der Waals surface area contributed by atoms with Crippen LogP contribution in [0.4, 0.5) is 0 Å². The van der Waals surface area contributed by atoms with Gasteiger partial charge in [0.25, 0.3) is 0 Å². The molecule has 3 aliphatic heterocycles. The van der Waals surface area contributed by atoms with Crippen LogP contribution in [-0.2, 0) is 24.3 Å². The zero-order valence-corrected chi connectivity index (χ0v) is 20.7. The van der Waals surface area contributed by atoms with Crippen LogP contribution >= 0.6 is 0 Å². The molecule has 0 bridgehead atoms. The topological polar surface area (TPSA) is 87.2 Å². The van der Waals surface area contributed by atoms with E-state index >= 15 is 0 Å². The molecule has 8 nitrogen and oxygen atoms in total. The van der Waals surface area contributed by atoms with Gasteiger partial charge in [-0.1, -0.05) is 19.1 Å². The predicted molar refractivity (Wildman–Crippen MR) is 129 cm³/mol. The van der Waals surface area contributed by atoms with Crippen molar-refractivity contribution in [2.24, 2.45) is 11.8 Å². The lowest BCUT2D eigenvalue weighted by atomic mass is 9.92. The number of likely N-dealkylation sites (tertiary alicyclic amines) is 2. The normalized spacial score (nSPS) is 23.4. The summed E-state index contributed by atoms with van der Waals surface area (Å²) in [5, 5.41) is 0. The van der Waals surface area contributed by atoms with Crippen molar-refractivity contribution in [3.05, 3.63) is 35.9 Å². The van der Waals surface area contributed by atoms with Gasteiger partial charge >= 0.3 is 0 Å². The highest BCUT2D eigenvalue weighted by Crippen LogP contribution is 2.24. The highest BCUT2D eigenvalue weighted by molar-refractivity contribution is 7.89. The molecule has 4 rings (SSSR count). The molecule has 0 unspecified atom stereocenters. The molecule has 1 aromatic rings. The molecule has 3 heterocycles. The van der Waals surface area contributed by atoms with Crippen molar-refractivity contribution in [3.8, 4) is 0 Å².